The number of hydrogen-bond acceptors (Lipinski definition) is 4. The van der Waals surface area contributed by atoms with Crippen LogP contribution in [-0.2, 0) is 11.3 Å². The molecule has 2 aromatic carbocycles. The minimum atomic E-state index is -0.319. The minimum Gasteiger partial charge on any atom is -0.492 e. The first kappa shape index (κ1) is 18.8. The lowest BCUT2D eigenvalue weighted by molar-refractivity contribution is -0.123. The van der Waals surface area contributed by atoms with E-state index in [9.17, 15) is 9.59 Å². The van der Waals surface area contributed by atoms with Crippen molar-refractivity contribution in [3.05, 3.63) is 68.5 Å². The average Bonchev–Trinajstić information content (AvgIpc) is 2.87. The molecule has 0 spiro atoms. The fourth-order valence-corrected chi connectivity index (χ4v) is 3.65. The van der Waals surface area contributed by atoms with Crippen LogP contribution in [-0.4, -0.2) is 22.7 Å². The third-order valence-electron chi connectivity index (χ3n) is 3.68. The summed E-state index contributed by atoms with van der Waals surface area (Å²) in [5.41, 5.74) is 1.57. The molecule has 1 fully saturated rings. The Morgan fingerprint density at radius 3 is 2.50 bits per heavy atom. The number of carbonyl (C=O) groups is 2. The fourth-order valence-electron chi connectivity index (χ4n) is 2.44. The summed E-state index contributed by atoms with van der Waals surface area (Å²) in [6.07, 6.45) is 1.66. The number of halogens is 2. The van der Waals surface area contributed by atoms with E-state index in [-0.39, 0.29) is 17.7 Å². The number of nitrogens with zero attached hydrogens (tertiary/aromatic N) is 1. The van der Waals surface area contributed by atoms with Gasteiger partial charge in [0.15, 0.2) is 0 Å². The van der Waals surface area contributed by atoms with Gasteiger partial charge in [-0.15, -0.1) is 0 Å². The molecule has 3 rings (SSSR count). The number of rotatable bonds is 5. The van der Waals surface area contributed by atoms with Crippen LogP contribution in [0.4, 0.5) is 4.79 Å². The Hall–Kier alpha value is -1.95. The van der Waals surface area contributed by atoms with Crippen molar-refractivity contribution in [2.24, 2.45) is 0 Å². The van der Waals surface area contributed by atoms with E-state index in [1.165, 1.54) is 4.90 Å². The van der Waals surface area contributed by atoms with Gasteiger partial charge in [0.25, 0.3) is 11.1 Å². The SMILES string of the molecule is CCOc1ccc(/C=C2\SC(=O)N(Cc3ccc(Cl)cc3)C2=O)cc1Cl. The van der Waals surface area contributed by atoms with Gasteiger partial charge >= 0.3 is 0 Å². The minimum absolute atomic E-state index is 0.212. The molecule has 4 nitrogen and oxygen atoms in total. The van der Waals surface area contributed by atoms with Gasteiger partial charge < -0.3 is 4.74 Å². The molecule has 0 N–H and O–H groups in total. The molecular weight excluding hydrogens is 393 g/mol. The second-order valence-electron chi connectivity index (χ2n) is 5.52. The van der Waals surface area contributed by atoms with E-state index >= 15 is 0 Å². The van der Waals surface area contributed by atoms with E-state index in [4.69, 9.17) is 27.9 Å². The van der Waals surface area contributed by atoms with Crippen molar-refractivity contribution >= 4 is 52.2 Å². The highest BCUT2D eigenvalue weighted by molar-refractivity contribution is 8.18. The van der Waals surface area contributed by atoms with E-state index in [0.29, 0.717) is 27.3 Å². The van der Waals surface area contributed by atoms with Gasteiger partial charge in [0, 0.05) is 5.02 Å². The van der Waals surface area contributed by atoms with Crippen molar-refractivity contribution in [3.63, 3.8) is 0 Å². The Balaban J connectivity index is 1.78. The molecule has 0 saturated carbocycles. The summed E-state index contributed by atoms with van der Waals surface area (Å²) in [6, 6.07) is 12.3. The molecule has 26 heavy (non-hydrogen) atoms. The van der Waals surface area contributed by atoms with Crippen LogP contribution in [0.1, 0.15) is 18.1 Å². The molecule has 0 unspecified atom stereocenters. The number of benzene rings is 2. The maximum atomic E-state index is 12.6. The highest BCUT2D eigenvalue weighted by Crippen LogP contribution is 2.34. The van der Waals surface area contributed by atoms with Crippen molar-refractivity contribution in [2.45, 2.75) is 13.5 Å². The van der Waals surface area contributed by atoms with E-state index in [1.54, 1.807) is 48.5 Å². The highest BCUT2D eigenvalue weighted by atomic mass is 35.5. The first-order valence-corrected chi connectivity index (χ1v) is 9.47. The zero-order chi connectivity index (χ0) is 18.7. The topological polar surface area (TPSA) is 46.6 Å². The standard InChI is InChI=1S/C19H15Cl2NO3S/c1-2-25-16-8-5-13(9-15(16)21)10-17-18(23)22(19(24)26-17)11-12-3-6-14(20)7-4-12/h3-10H,2,11H2,1H3/b17-10-. The average molecular weight is 408 g/mol. The van der Waals surface area contributed by atoms with Crippen LogP contribution >= 0.6 is 35.0 Å². The lowest BCUT2D eigenvalue weighted by Gasteiger charge is -2.12. The van der Waals surface area contributed by atoms with Crippen molar-refractivity contribution in [1.29, 1.82) is 0 Å². The molecule has 2 aromatic rings. The zero-order valence-electron chi connectivity index (χ0n) is 13.9. The molecule has 134 valence electrons. The van der Waals surface area contributed by atoms with Crippen LogP contribution in [0.5, 0.6) is 5.75 Å². The third kappa shape index (κ3) is 4.23. The number of ether oxygens (including phenoxy) is 1. The quantitative estimate of drug-likeness (QED) is 0.602. The third-order valence-corrected chi connectivity index (χ3v) is 5.14. The van der Waals surface area contributed by atoms with Gasteiger partial charge in [-0.05, 0) is 60.2 Å². The van der Waals surface area contributed by atoms with Crippen molar-refractivity contribution in [3.8, 4) is 5.75 Å². The predicted octanol–water partition coefficient (Wildman–Crippen LogP) is 5.63. The van der Waals surface area contributed by atoms with Gasteiger partial charge in [0.05, 0.1) is 23.1 Å². The first-order valence-electron chi connectivity index (χ1n) is 7.90. The predicted molar refractivity (Wildman–Crippen MR) is 106 cm³/mol. The number of thioether (sulfide) groups is 1. The van der Waals surface area contributed by atoms with Crippen molar-refractivity contribution in [2.75, 3.05) is 6.61 Å². The van der Waals surface area contributed by atoms with Crippen LogP contribution in [0.2, 0.25) is 10.0 Å². The number of carbonyl (C=O) groups excluding carboxylic acids is 2. The molecule has 1 saturated heterocycles. The molecule has 0 bridgehead atoms. The Labute approximate surface area is 165 Å². The molecule has 1 aliphatic heterocycles. The zero-order valence-corrected chi connectivity index (χ0v) is 16.2. The summed E-state index contributed by atoms with van der Waals surface area (Å²) in [4.78, 5) is 26.4. The summed E-state index contributed by atoms with van der Waals surface area (Å²) in [5, 5.41) is 0.768. The Morgan fingerprint density at radius 2 is 1.85 bits per heavy atom. The summed E-state index contributed by atoms with van der Waals surface area (Å²) in [7, 11) is 0. The summed E-state index contributed by atoms with van der Waals surface area (Å²) in [5.74, 6) is 0.266. The molecule has 0 aliphatic carbocycles. The van der Waals surface area contributed by atoms with Crippen LogP contribution in [0.25, 0.3) is 6.08 Å². The molecule has 7 heteroatoms. The Kier molecular flexibility index (Phi) is 5.91. The number of amides is 2. The van der Waals surface area contributed by atoms with Gasteiger partial charge in [0.1, 0.15) is 5.75 Å². The lowest BCUT2D eigenvalue weighted by atomic mass is 10.2. The van der Waals surface area contributed by atoms with Gasteiger partial charge in [-0.3, -0.25) is 14.5 Å². The smallest absolute Gasteiger partial charge is 0.293 e. The van der Waals surface area contributed by atoms with Crippen LogP contribution in [0, 0.1) is 0 Å². The second-order valence-corrected chi connectivity index (χ2v) is 7.35. The van der Waals surface area contributed by atoms with E-state index < -0.39 is 0 Å². The molecule has 1 heterocycles. The van der Waals surface area contributed by atoms with Gasteiger partial charge in [-0.1, -0.05) is 41.4 Å². The first-order chi connectivity index (χ1) is 12.5. The maximum absolute atomic E-state index is 12.6. The molecule has 0 radical (unpaired) electrons. The van der Waals surface area contributed by atoms with Crippen LogP contribution in [0.3, 0.4) is 0 Å². The van der Waals surface area contributed by atoms with E-state index in [0.717, 1.165) is 22.9 Å². The summed E-state index contributed by atoms with van der Waals surface area (Å²) < 4.78 is 5.40. The number of imide groups is 1. The van der Waals surface area contributed by atoms with E-state index in [1.807, 2.05) is 6.92 Å². The second kappa shape index (κ2) is 8.16. The van der Waals surface area contributed by atoms with Crippen molar-refractivity contribution < 1.29 is 14.3 Å². The summed E-state index contributed by atoms with van der Waals surface area (Å²) >= 11 is 13.0. The fraction of sp³-hybridized carbons (Fsp3) is 0.158. The molecule has 1 aliphatic rings. The maximum Gasteiger partial charge on any atom is 0.293 e. The van der Waals surface area contributed by atoms with Crippen LogP contribution < -0.4 is 4.74 Å². The summed E-state index contributed by atoms with van der Waals surface area (Å²) in [6.45, 7) is 2.60. The van der Waals surface area contributed by atoms with Gasteiger partial charge in [-0.25, -0.2) is 0 Å². The van der Waals surface area contributed by atoms with Gasteiger partial charge in [-0.2, -0.15) is 0 Å². The molecule has 0 atom stereocenters. The van der Waals surface area contributed by atoms with E-state index in [2.05, 4.69) is 0 Å². The molecular formula is C19H15Cl2NO3S. The van der Waals surface area contributed by atoms with Gasteiger partial charge in [0.2, 0.25) is 0 Å². The normalized spacial score (nSPS) is 15.8. The van der Waals surface area contributed by atoms with Crippen molar-refractivity contribution in [1.82, 2.24) is 4.90 Å². The Bertz CT molecular complexity index is 881. The Morgan fingerprint density at radius 1 is 1.12 bits per heavy atom. The molecule has 0 aromatic heterocycles. The molecule has 2 amide bonds. The highest BCUT2D eigenvalue weighted by Gasteiger charge is 2.34. The van der Waals surface area contributed by atoms with Crippen LogP contribution in [0.15, 0.2) is 47.4 Å². The number of hydrogen-bond donors (Lipinski definition) is 0. The largest absolute Gasteiger partial charge is 0.492 e. The lowest BCUT2D eigenvalue weighted by Crippen LogP contribution is -2.27. The monoisotopic (exact) mass is 407 g/mol.